The van der Waals surface area contributed by atoms with Crippen LogP contribution in [0.5, 0.6) is 0 Å². The topological polar surface area (TPSA) is 51.3 Å². The minimum atomic E-state index is -0.331. The summed E-state index contributed by atoms with van der Waals surface area (Å²) in [6.45, 7) is 8.52. The maximum Gasteiger partial charge on any atom is 0.251 e. The summed E-state index contributed by atoms with van der Waals surface area (Å²) in [5, 5.41) is 0. The van der Waals surface area contributed by atoms with Gasteiger partial charge >= 0.3 is 0 Å². The molecule has 2 heterocycles. The first kappa shape index (κ1) is 17.7. The van der Waals surface area contributed by atoms with Gasteiger partial charge in [-0.1, -0.05) is 43.7 Å². The zero-order valence-corrected chi connectivity index (χ0v) is 15.4. The molecule has 0 bridgehead atoms. The zero-order valence-electron chi connectivity index (χ0n) is 15.4. The Labute approximate surface area is 150 Å². The molecule has 3 rings (SSSR count). The van der Waals surface area contributed by atoms with Crippen molar-refractivity contribution in [1.82, 2.24) is 9.47 Å². The predicted molar refractivity (Wildman–Crippen MR) is 103 cm³/mol. The summed E-state index contributed by atoms with van der Waals surface area (Å²) >= 11 is 0. The van der Waals surface area contributed by atoms with Crippen LogP contribution in [-0.4, -0.2) is 35.0 Å². The van der Waals surface area contributed by atoms with Crippen LogP contribution in [0, 0.1) is 6.92 Å². The molecule has 0 saturated carbocycles. The van der Waals surface area contributed by atoms with Crippen LogP contribution in [-0.2, 0) is 13.0 Å². The van der Waals surface area contributed by atoms with Gasteiger partial charge in [0.2, 0.25) is 0 Å². The van der Waals surface area contributed by atoms with Gasteiger partial charge in [-0.25, -0.2) is 0 Å². The van der Waals surface area contributed by atoms with Crippen molar-refractivity contribution in [2.75, 3.05) is 19.6 Å². The molecule has 2 N–H and O–H groups in total. The molecule has 0 radical (unpaired) electrons. The first-order chi connectivity index (χ1) is 12.1. The standard InChI is InChI=1S/C21H29N3O/c1-3-18-20(17-10-6-4-7-11-17)19(21(22)25)16(2)24(18)15-14-23-12-8-5-9-13-23/h4,6-7,10-11H,3,5,8-9,12-15H2,1-2H3,(H2,22,25). The minimum absolute atomic E-state index is 0.331. The van der Waals surface area contributed by atoms with E-state index < -0.39 is 0 Å². The van der Waals surface area contributed by atoms with E-state index in [0.29, 0.717) is 5.56 Å². The largest absolute Gasteiger partial charge is 0.366 e. The van der Waals surface area contributed by atoms with E-state index in [0.717, 1.165) is 36.3 Å². The molecule has 1 amide bonds. The second kappa shape index (κ2) is 7.87. The maximum absolute atomic E-state index is 12.2. The van der Waals surface area contributed by atoms with Crippen LogP contribution in [0.4, 0.5) is 0 Å². The number of rotatable bonds is 6. The van der Waals surface area contributed by atoms with Gasteiger partial charge in [0, 0.05) is 30.0 Å². The Kier molecular flexibility index (Phi) is 5.59. The van der Waals surface area contributed by atoms with Crippen molar-refractivity contribution in [3.63, 3.8) is 0 Å². The second-order valence-corrected chi connectivity index (χ2v) is 6.92. The number of carbonyl (C=O) groups is 1. The molecular weight excluding hydrogens is 310 g/mol. The molecule has 0 unspecified atom stereocenters. The van der Waals surface area contributed by atoms with E-state index in [4.69, 9.17) is 5.73 Å². The molecule has 2 aromatic rings. The zero-order chi connectivity index (χ0) is 17.8. The van der Waals surface area contributed by atoms with E-state index in [1.807, 2.05) is 25.1 Å². The summed E-state index contributed by atoms with van der Waals surface area (Å²) in [6.07, 6.45) is 4.84. The van der Waals surface area contributed by atoms with Crippen LogP contribution in [0.3, 0.4) is 0 Å². The van der Waals surface area contributed by atoms with Crippen LogP contribution in [0.2, 0.25) is 0 Å². The van der Waals surface area contributed by atoms with Gasteiger partial charge < -0.3 is 15.2 Å². The van der Waals surface area contributed by atoms with E-state index in [-0.39, 0.29) is 5.91 Å². The van der Waals surface area contributed by atoms with Crippen molar-refractivity contribution in [3.05, 3.63) is 47.3 Å². The average molecular weight is 339 g/mol. The number of aromatic nitrogens is 1. The highest BCUT2D eigenvalue weighted by Gasteiger charge is 2.24. The lowest BCUT2D eigenvalue weighted by Gasteiger charge is -2.27. The number of hydrogen-bond acceptors (Lipinski definition) is 2. The van der Waals surface area contributed by atoms with Gasteiger partial charge in [0.15, 0.2) is 0 Å². The molecule has 0 spiro atoms. The number of carbonyl (C=O) groups excluding carboxylic acids is 1. The Morgan fingerprint density at radius 1 is 1.08 bits per heavy atom. The Bertz CT molecular complexity index is 727. The Balaban J connectivity index is 1.98. The molecule has 134 valence electrons. The summed E-state index contributed by atoms with van der Waals surface area (Å²) < 4.78 is 2.32. The number of nitrogens with two attached hydrogens (primary N) is 1. The van der Waals surface area contributed by atoms with Gasteiger partial charge in [0.05, 0.1) is 5.56 Å². The van der Waals surface area contributed by atoms with Crippen molar-refractivity contribution >= 4 is 5.91 Å². The van der Waals surface area contributed by atoms with Crippen molar-refractivity contribution < 1.29 is 4.79 Å². The molecule has 1 aromatic heterocycles. The molecule has 1 aliphatic heterocycles. The van der Waals surface area contributed by atoms with E-state index >= 15 is 0 Å². The van der Waals surface area contributed by atoms with Crippen LogP contribution in [0.15, 0.2) is 30.3 Å². The highest BCUT2D eigenvalue weighted by atomic mass is 16.1. The van der Waals surface area contributed by atoms with Crippen molar-refractivity contribution in [1.29, 1.82) is 0 Å². The van der Waals surface area contributed by atoms with Crippen LogP contribution < -0.4 is 5.73 Å². The van der Waals surface area contributed by atoms with Crippen LogP contribution >= 0.6 is 0 Å². The maximum atomic E-state index is 12.2. The van der Waals surface area contributed by atoms with E-state index in [1.54, 1.807) is 0 Å². The molecule has 1 aliphatic rings. The SMILES string of the molecule is CCc1c(-c2ccccc2)c(C(N)=O)c(C)n1CCN1CCCCC1. The molecule has 1 aromatic carbocycles. The molecular formula is C21H29N3O. The third-order valence-electron chi connectivity index (χ3n) is 5.36. The number of likely N-dealkylation sites (tertiary alicyclic amines) is 1. The fraction of sp³-hybridized carbons (Fsp3) is 0.476. The predicted octanol–water partition coefficient (Wildman–Crippen LogP) is 3.61. The lowest BCUT2D eigenvalue weighted by molar-refractivity contribution is 0.1000. The number of hydrogen-bond donors (Lipinski definition) is 1. The van der Waals surface area contributed by atoms with Gasteiger partial charge in [-0.2, -0.15) is 0 Å². The third kappa shape index (κ3) is 3.64. The second-order valence-electron chi connectivity index (χ2n) is 6.92. The Morgan fingerprint density at radius 3 is 2.36 bits per heavy atom. The van der Waals surface area contributed by atoms with E-state index in [9.17, 15) is 4.79 Å². The summed E-state index contributed by atoms with van der Waals surface area (Å²) in [5.74, 6) is -0.331. The number of amides is 1. The highest BCUT2D eigenvalue weighted by molar-refractivity contribution is 6.02. The summed E-state index contributed by atoms with van der Waals surface area (Å²) in [4.78, 5) is 14.7. The molecule has 1 fully saturated rings. The van der Waals surface area contributed by atoms with Gasteiger partial charge in [-0.3, -0.25) is 4.79 Å². The molecule has 0 aliphatic carbocycles. The van der Waals surface area contributed by atoms with Crippen LogP contribution in [0.25, 0.3) is 11.1 Å². The highest BCUT2D eigenvalue weighted by Crippen LogP contribution is 2.33. The first-order valence-electron chi connectivity index (χ1n) is 9.43. The van der Waals surface area contributed by atoms with E-state index in [2.05, 4.69) is 28.5 Å². The van der Waals surface area contributed by atoms with Crippen molar-refractivity contribution in [2.45, 2.75) is 46.1 Å². The van der Waals surface area contributed by atoms with Gasteiger partial charge in [0.25, 0.3) is 5.91 Å². The number of primary amides is 1. The van der Waals surface area contributed by atoms with Crippen LogP contribution in [0.1, 0.15) is 47.9 Å². The molecule has 0 atom stereocenters. The third-order valence-corrected chi connectivity index (χ3v) is 5.36. The summed E-state index contributed by atoms with van der Waals surface area (Å²) in [5.41, 5.74) is 10.8. The Hall–Kier alpha value is -2.07. The summed E-state index contributed by atoms with van der Waals surface area (Å²) in [6, 6.07) is 10.2. The minimum Gasteiger partial charge on any atom is -0.366 e. The quantitative estimate of drug-likeness (QED) is 0.874. The van der Waals surface area contributed by atoms with E-state index in [1.165, 1.54) is 38.0 Å². The van der Waals surface area contributed by atoms with Gasteiger partial charge in [-0.05, 0) is 44.8 Å². The number of piperidine rings is 1. The molecule has 25 heavy (non-hydrogen) atoms. The van der Waals surface area contributed by atoms with Gasteiger partial charge in [0.1, 0.15) is 0 Å². The number of benzene rings is 1. The Morgan fingerprint density at radius 2 is 1.76 bits per heavy atom. The number of nitrogens with zero attached hydrogens (tertiary/aromatic N) is 2. The summed E-state index contributed by atoms with van der Waals surface area (Å²) in [7, 11) is 0. The van der Waals surface area contributed by atoms with Crippen molar-refractivity contribution in [2.24, 2.45) is 5.73 Å². The normalized spacial score (nSPS) is 15.4. The monoisotopic (exact) mass is 339 g/mol. The fourth-order valence-electron chi connectivity index (χ4n) is 4.11. The molecule has 4 heteroatoms. The fourth-order valence-corrected chi connectivity index (χ4v) is 4.11. The van der Waals surface area contributed by atoms with Crippen molar-refractivity contribution in [3.8, 4) is 11.1 Å². The molecule has 4 nitrogen and oxygen atoms in total. The average Bonchev–Trinajstić information content (AvgIpc) is 2.93. The lowest BCUT2D eigenvalue weighted by Crippen LogP contribution is -2.33. The molecule has 1 saturated heterocycles. The smallest absolute Gasteiger partial charge is 0.251 e. The van der Waals surface area contributed by atoms with Gasteiger partial charge in [-0.15, -0.1) is 0 Å². The first-order valence-corrected chi connectivity index (χ1v) is 9.43. The lowest BCUT2D eigenvalue weighted by atomic mass is 9.99.